The molecule has 334 valence electrons. The maximum atomic E-state index is 15.4. The van der Waals surface area contributed by atoms with E-state index in [0.717, 1.165) is 31.7 Å². The zero-order chi connectivity index (χ0) is 46.5. The number of aromatic nitrogens is 2. The van der Waals surface area contributed by atoms with E-state index in [9.17, 15) is 19.5 Å². The van der Waals surface area contributed by atoms with Crippen LogP contribution < -0.4 is 14.5 Å². The molecule has 67 heavy (non-hydrogen) atoms. The number of carbonyl (C=O) groups excluding carboxylic acids is 5. The summed E-state index contributed by atoms with van der Waals surface area (Å²) < 4.78 is 8.66. The number of rotatable bonds is 9. The van der Waals surface area contributed by atoms with E-state index in [-0.39, 0.29) is 36.9 Å². The number of imide groups is 2. The molecule has 1 N–H and O–H groups in total. The fourth-order valence-electron chi connectivity index (χ4n) is 11.2. The van der Waals surface area contributed by atoms with Crippen molar-refractivity contribution in [3.8, 4) is 22.1 Å². The average molecular weight is 927 g/mol. The molecular weight excluding hydrogens is 884 g/mol. The molecule has 6 unspecified atom stereocenters. The van der Waals surface area contributed by atoms with Gasteiger partial charge in [-0.05, 0) is 97.7 Å². The highest BCUT2D eigenvalue weighted by Gasteiger charge is 2.68. The van der Waals surface area contributed by atoms with Crippen LogP contribution >= 0.6 is 22.9 Å². The number of nitrogens with zero attached hydrogens (tertiary/aromatic N) is 4. The zero-order valence-electron chi connectivity index (χ0n) is 36.7. The average Bonchev–Trinajstić information content (AvgIpc) is 4.01. The van der Waals surface area contributed by atoms with Crippen LogP contribution in [0.3, 0.4) is 0 Å². The molecule has 2 aliphatic heterocycles. The van der Waals surface area contributed by atoms with Crippen molar-refractivity contribution in [3.63, 3.8) is 0 Å². The molecular formula is C54H43ClN4O7S. The molecule has 4 heterocycles. The lowest BCUT2D eigenvalue weighted by Gasteiger charge is -2.49. The second kappa shape index (κ2) is 16.0. The molecule has 13 heteroatoms. The van der Waals surface area contributed by atoms with Crippen LogP contribution in [-0.2, 0) is 32.8 Å². The third kappa shape index (κ3) is 6.67. The largest absolute Gasteiger partial charge is 0.508 e. The van der Waals surface area contributed by atoms with Crippen LogP contribution in [0.5, 0.6) is 11.5 Å². The van der Waals surface area contributed by atoms with Crippen LogP contribution in [0.4, 0.5) is 11.5 Å². The molecule has 0 radical (unpaired) electrons. The molecule has 0 spiro atoms. The summed E-state index contributed by atoms with van der Waals surface area (Å²) in [4.78, 5) is 76.4. The number of ether oxygens (including phenoxy) is 1. The maximum Gasteiger partial charge on any atom is 0.242 e. The number of benzene rings is 5. The van der Waals surface area contributed by atoms with Crippen molar-refractivity contribution in [1.29, 1.82) is 0 Å². The van der Waals surface area contributed by atoms with Gasteiger partial charge in [0.25, 0.3) is 0 Å². The summed E-state index contributed by atoms with van der Waals surface area (Å²) >= 11 is 7.91. The number of hydrogen-bond donors (Lipinski definition) is 1. The maximum absolute atomic E-state index is 15.4. The molecule has 2 saturated heterocycles. The van der Waals surface area contributed by atoms with Crippen molar-refractivity contribution >= 4 is 73.9 Å². The number of anilines is 2. The van der Waals surface area contributed by atoms with Gasteiger partial charge in [-0.1, -0.05) is 90.0 Å². The summed E-state index contributed by atoms with van der Waals surface area (Å²) in [6, 6.07) is 37.5. The highest BCUT2D eigenvalue weighted by molar-refractivity contribution is 7.22. The minimum absolute atomic E-state index is 0.123. The van der Waals surface area contributed by atoms with E-state index < -0.39 is 52.7 Å². The fourth-order valence-corrected chi connectivity index (χ4v) is 12.5. The van der Waals surface area contributed by atoms with Crippen LogP contribution in [0.25, 0.3) is 20.7 Å². The summed E-state index contributed by atoms with van der Waals surface area (Å²) in [6.45, 7) is 4.05. The van der Waals surface area contributed by atoms with Crippen LogP contribution in [0.2, 0.25) is 5.02 Å². The van der Waals surface area contributed by atoms with Crippen molar-refractivity contribution in [2.24, 2.45) is 36.1 Å². The number of hydrogen-bond acceptors (Lipinski definition) is 9. The van der Waals surface area contributed by atoms with Gasteiger partial charge in [0, 0.05) is 51.5 Å². The van der Waals surface area contributed by atoms with Crippen molar-refractivity contribution in [2.45, 2.75) is 39.2 Å². The normalized spacial score (nSPS) is 23.3. The first-order valence-electron chi connectivity index (χ1n) is 22.2. The van der Waals surface area contributed by atoms with Crippen molar-refractivity contribution in [2.75, 3.05) is 9.80 Å². The van der Waals surface area contributed by atoms with E-state index in [0.29, 0.717) is 44.7 Å². The smallest absolute Gasteiger partial charge is 0.242 e. The quantitative estimate of drug-likeness (QED) is 0.0858. The molecule has 3 fully saturated rings. The highest BCUT2D eigenvalue weighted by Crippen LogP contribution is 2.64. The van der Waals surface area contributed by atoms with Gasteiger partial charge in [-0.15, -0.1) is 11.3 Å². The van der Waals surface area contributed by atoms with Gasteiger partial charge < -0.3 is 9.84 Å². The highest BCUT2D eigenvalue weighted by atomic mass is 35.5. The zero-order valence-corrected chi connectivity index (χ0v) is 38.3. The first-order chi connectivity index (χ1) is 32.3. The molecule has 6 atom stereocenters. The predicted octanol–water partition coefficient (Wildman–Crippen LogP) is 10.2. The minimum Gasteiger partial charge on any atom is -0.508 e. The molecule has 11 nitrogen and oxygen atoms in total. The van der Waals surface area contributed by atoms with Crippen molar-refractivity contribution < 1.29 is 33.8 Å². The Labute approximate surface area is 394 Å². The predicted molar refractivity (Wildman–Crippen MR) is 256 cm³/mol. The second-order valence-electron chi connectivity index (χ2n) is 18.1. The molecule has 7 aromatic rings. The minimum atomic E-state index is -1.42. The third-order valence-electron chi connectivity index (χ3n) is 14.5. The number of halogens is 1. The van der Waals surface area contributed by atoms with Gasteiger partial charge in [0.15, 0.2) is 5.78 Å². The summed E-state index contributed by atoms with van der Waals surface area (Å²) in [6.07, 6.45) is 2.29. The number of phenolic OH excluding ortho intramolecular Hbond substituents is 1. The lowest BCUT2D eigenvalue weighted by molar-refractivity contribution is -0.131. The standard InChI is InChI=1S/C54H43ClN4O7S/c1-29-39-24-33(55)16-23-44(39)67-49(29)42-27-45(57(3)56-42)59-51(63)41-26-40-36(47(54(41,2)53(59)65)37-20-19-35(25-43(37)60)66-28-30-10-6-4-7-11-30)21-22-38-46(40)52(64)58(50(38)62)34-17-14-32(15-18-34)48(61)31-12-8-5-9-13-31/h4-21,23-25,27,38,40-41,46-47,60H,22,26,28H2,1-3H3. The van der Waals surface area contributed by atoms with Crippen LogP contribution in [0.1, 0.15) is 58.3 Å². The number of fused-ring (bicyclic) bond motifs is 5. The van der Waals surface area contributed by atoms with Gasteiger partial charge in [-0.2, -0.15) is 5.10 Å². The Morgan fingerprint density at radius 2 is 1.55 bits per heavy atom. The number of ketones is 1. The van der Waals surface area contributed by atoms with Crippen LogP contribution in [0.15, 0.2) is 139 Å². The summed E-state index contributed by atoms with van der Waals surface area (Å²) in [7, 11) is 1.70. The number of allylic oxidation sites excluding steroid dienone is 2. The topological polar surface area (TPSA) is 139 Å². The number of aromatic hydroxyl groups is 1. The Kier molecular flexibility index (Phi) is 10.2. The Hall–Kier alpha value is -7.15. The van der Waals surface area contributed by atoms with E-state index in [1.54, 1.807) is 96.7 Å². The summed E-state index contributed by atoms with van der Waals surface area (Å²) in [5.74, 6) is -5.24. The number of carbonyl (C=O) groups is 5. The Morgan fingerprint density at radius 1 is 0.836 bits per heavy atom. The van der Waals surface area contributed by atoms with Gasteiger partial charge in [0.05, 0.1) is 33.7 Å². The Bertz CT molecular complexity index is 3250. The molecule has 2 aromatic heterocycles. The van der Waals surface area contributed by atoms with Gasteiger partial charge in [0.2, 0.25) is 23.6 Å². The number of aryl methyl sites for hydroxylation is 2. The Balaban J connectivity index is 0.970. The van der Waals surface area contributed by atoms with Crippen molar-refractivity contribution in [3.05, 3.63) is 172 Å². The van der Waals surface area contributed by atoms with Gasteiger partial charge in [0.1, 0.15) is 29.6 Å². The summed E-state index contributed by atoms with van der Waals surface area (Å²) in [5.41, 5.74) is 3.52. The molecule has 4 aliphatic rings. The number of thiophene rings is 1. The lowest BCUT2D eigenvalue weighted by Crippen LogP contribution is -2.49. The third-order valence-corrected chi connectivity index (χ3v) is 16.0. The molecule has 0 bridgehead atoms. The van der Waals surface area contributed by atoms with Gasteiger partial charge in [-0.3, -0.25) is 33.6 Å². The fraction of sp³-hybridized carbons (Fsp3) is 0.222. The first kappa shape index (κ1) is 42.5. The number of amides is 4. The lowest BCUT2D eigenvalue weighted by atomic mass is 9.51. The van der Waals surface area contributed by atoms with E-state index in [2.05, 4.69) is 0 Å². The molecule has 11 rings (SSSR count). The van der Waals surface area contributed by atoms with Gasteiger partial charge in [-0.25, -0.2) is 4.90 Å². The van der Waals surface area contributed by atoms with Gasteiger partial charge >= 0.3 is 0 Å². The van der Waals surface area contributed by atoms with Crippen LogP contribution in [-0.4, -0.2) is 44.3 Å². The monoisotopic (exact) mass is 926 g/mol. The Morgan fingerprint density at radius 3 is 2.28 bits per heavy atom. The van der Waals surface area contributed by atoms with E-state index in [1.165, 1.54) is 15.9 Å². The molecule has 1 saturated carbocycles. The SMILES string of the molecule is Cc1c(-c2cc(N3C(=O)C4CC5C(=CCC6C(=O)N(c7ccc(C(=O)c8ccccc8)cc7)C(=O)C65)C(c5ccc(OCc6ccccc6)cc5O)C4(C)C3=O)n(C)n2)sc2ccc(Cl)cc12. The van der Waals surface area contributed by atoms with E-state index in [4.69, 9.17) is 21.4 Å². The first-order valence-corrected chi connectivity index (χ1v) is 23.4. The van der Waals surface area contributed by atoms with E-state index in [1.807, 2.05) is 67.6 Å². The molecule has 2 aliphatic carbocycles. The number of phenols is 1. The van der Waals surface area contributed by atoms with E-state index >= 15 is 9.59 Å². The molecule has 5 aromatic carbocycles. The molecule has 4 amide bonds. The van der Waals surface area contributed by atoms with Crippen molar-refractivity contribution in [1.82, 2.24) is 9.78 Å². The second-order valence-corrected chi connectivity index (χ2v) is 19.6. The van der Waals surface area contributed by atoms with Crippen LogP contribution in [0, 0.1) is 36.0 Å². The summed E-state index contributed by atoms with van der Waals surface area (Å²) in [5, 5.41) is 18.4.